The van der Waals surface area contributed by atoms with Crippen LogP contribution in [-0.4, -0.2) is 36.4 Å². The molecule has 13 heteroatoms. The predicted molar refractivity (Wildman–Crippen MR) is 106 cm³/mol. The van der Waals surface area contributed by atoms with E-state index in [2.05, 4.69) is 10.3 Å². The second kappa shape index (κ2) is 9.30. The van der Waals surface area contributed by atoms with Crippen LogP contribution in [0.1, 0.15) is 25.0 Å². The number of nitrogens with zero attached hydrogens (tertiary/aromatic N) is 1. The molecule has 0 unspecified atom stereocenters. The summed E-state index contributed by atoms with van der Waals surface area (Å²) >= 11 is 0.831. The predicted octanol–water partition coefficient (Wildman–Crippen LogP) is 4.58. The fourth-order valence-corrected chi connectivity index (χ4v) is 4.67. The lowest BCUT2D eigenvalue weighted by Crippen LogP contribution is -2.48. The Morgan fingerprint density at radius 1 is 1.00 bits per heavy atom. The summed E-state index contributed by atoms with van der Waals surface area (Å²) in [5.41, 5.74) is -1.97. The second-order valence-electron chi connectivity index (χ2n) is 6.99. The fourth-order valence-electron chi connectivity index (χ4n) is 2.46. The van der Waals surface area contributed by atoms with Gasteiger partial charge in [-0.3, -0.25) is 4.79 Å². The second-order valence-corrected chi connectivity index (χ2v) is 10.6. The van der Waals surface area contributed by atoms with Gasteiger partial charge in [0.25, 0.3) is 0 Å². The van der Waals surface area contributed by atoms with Crippen LogP contribution in [0.15, 0.2) is 52.5 Å². The van der Waals surface area contributed by atoms with Gasteiger partial charge in [-0.25, -0.2) is 13.4 Å². The molecule has 5 nitrogen and oxygen atoms in total. The molecule has 0 saturated carbocycles. The number of amides is 1. The average Bonchev–Trinajstić information content (AvgIpc) is 2.69. The molecule has 2 rings (SSSR count). The van der Waals surface area contributed by atoms with Gasteiger partial charge in [0, 0.05) is 23.4 Å². The van der Waals surface area contributed by atoms with E-state index in [-0.39, 0.29) is 17.2 Å². The summed E-state index contributed by atoms with van der Waals surface area (Å²) in [5, 5.41) is 1.63. The summed E-state index contributed by atoms with van der Waals surface area (Å²) in [7, 11) is -4.46. The van der Waals surface area contributed by atoms with Crippen molar-refractivity contribution in [3.05, 3.63) is 53.7 Å². The van der Waals surface area contributed by atoms with E-state index >= 15 is 0 Å². The maximum atomic E-state index is 13.0. The van der Waals surface area contributed by atoms with Crippen molar-refractivity contribution in [1.82, 2.24) is 10.3 Å². The molecule has 0 bridgehead atoms. The average molecular weight is 500 g/mol. The maximum absolute atomic E-state index is 13.0. The van der Waals surface area contributed by atoms with Crippen LogP contribution in [0, 0.1) is 0 Å². The monoisotopic (exact) mass is 500 g/mol. The first-order chi connectivity index (χ1) is 14.6. The summed E-state index contributed by atoms with van der Waals surface area (Å²) in [6, 6.07) is 6.09. The van der Waals surface area contributed by atoms with Gasteiger partial charge < -0.3 is 5.32 Å². The number of halogens is 6. The van der Waals surface area contributed by atoms with Crippen molar-refractivity contribution in [2.24, 2.45) is 0 Å². The van der Waals surface area contributed by atoms with Gasteiger partial charge in [-0.05, 0) is 38.1 Å². The number of hydrogen-bond acceptors (Lipinski definition) is 5. The van der Waals surface area contributed by atoms with Gasteiger partial charge in [-0.1, -0.05) is 12.1 Å². The summed E-state index contributed by atoms with van der Waals surface area (Å²) in [5.74, 6) is -0.947. The lowest BCUT2D eigenvalue weighted by Gasteiger charge is -2.23. The number of sulfone groups is 1. The van der Waals surface area contributed by atoms with E-state index in [1.807, 2.05) is 0 Å². The molecular weight excluding hydrogens is 482 g/mol. The largest absolute Gasteiger partial charge is 0.417 e. The van der Waals surface area contributed by atoms with E-state index < -0.39 is 49.0 Å². The summed E-state index contributed by atoms with van der Waals surface area (Å²) in [4.78, 5) is 15.8. The number of thioether (sulfide) groups is 1. The van der Waals surface area contributed by atoms with Crippen molar-refractivity contribution in [2.75, 3.05) is 12.3 Å². The molecule has 0 aliphatic heterocycles. The standard InChI is InChI=1S/C19H18F6N2O3S2/c1-17(2,32(29,30)15-8-7-12(11-27-15)18(20,21)22)16(28)26-9-10-31-14-6-4-3-5-13(14)19(23,24)25/h3-8,11H,9-10H2,1-2H3,(H,26,28). The van der Waals surface area contributed by atoms with Gasteiger partial charge in [0.1, 0.15) is 0 Å². The molecule has 0 aliphatic rings. The topological polar surface area (TPSA) is 76.1 Å². The SMILES string of the molecule is CC(C)(C(=O)NCCSc1ccccc1C(F)(F)F)S(=O)(=O)c1ccc(C(F)(F)F)cn1. The van der Waals surface area contributed by atoms with Crippen LogP contribution < -0.4 is 5.32 Å². The number of hydrogen-bond donors (Lipinski definition) is 1. The van der Waals surface area contributed by atoms with Crippen molar-refractivity contribution >= 4 is 27.5 Å². The molecule has 1 aromatic heterocycles. The zero-order chi connectivity index (χ0) is 24.4. The van der Waals surface area contributed by atoms with Crippen LogP contribution in [0.3, 0.4) is 0 Å². The van der Waals surface area contributed by atoms with Crippen LogP contribution in [0.5, 0.6) is 0 Å². The Kier molecular flexibility index (Phi) is 7.55. The minimum Gasteiger partial charge on any atom is -0.354 e. The summed E-state index contributed by atoms with van der Waals surface area (Å²) < 4.78 is 100. The molecule has 2 aromatic rings. The van der Waals surface area contributed by atoms with Gasteiger partial charge >= 0.3 is 12.4 Å². The third kappa shape index (κ3) is 5.74. The molecule has 1 aromatic carbocycles. The molecule has 1 amide bonds. The number of alkyl halides is 6. The first-order valence-electron chi connectivity index (χ1n) is 8.93. The smallest absolute Gasteiger partial charge is 0.354 e. The number of pyridine rings is 1. The number of nitrogens with one attached hydrogen (secondary N) is 1. The third-order valence-corrected chi connectivity index (χ3v) is 7.79. The van der Waals surface area contributed by atoms with E-state index in [4.69, 9.17) is 0 Å². The van der Waals surface area contributed by atoms with E-state index in [0.717, 1.165) is 31.7 Å². The Bertz CT molecular complexity index is 1070. The summed E-state index contributed by atoms with van der Waals surface area (Å²) in [6.07, 6.45) is -8.89. The van der Waals surface area contributed by atoms with Gasteiger partial charge in [-0.2, -0.15) is 26.3 Å². The molecule has 0 saturated heterocycles. The Morgan fingerprint density at radius 3 is 2.16 bits per heavy atom. The van der Waals surface area contributed by atoms with Crippen molar-refractivity contribution in [3.63, 3.8) is 0 Å². The molecule has 176 valence electrons. The molecule has 0 radical (unpaired) electrons. The lowest BCUT2D eigenvalue weighted by molar-refractivity contribution is -0.140. The van der Waals surface area contributed by atoms with Gasteiger partial charge in [0.2, 0.25) is 15.7 Å². The molecule has 32 heavy (non-hydrogen) atoms. The quantitative estimate of drug-likeness (QED) is 0.342. The summed E-state index contributed by atoms with van der Waals surface area (Å²) in [6.45, 7) is 1.97. The lowest BCUT2D eigenvalue weighted by atomic mass is 10.2. The Balaban J connectivity index is 2.05. The Morgan fingerprint density at radius 2 is 1.62 bits per heavy atom. The molecule has 0 spiro atoms. The molecule has 1 N–H and O–H groups in total. The zero-order valence-corrected chi connectivity index (χ0v) is 18.3. The molecule has 0 atom stereocenters. The highest BCUT2D eigenvalue weighted by Crippen LogP contribution is 2.36. The van der Waals surface area contributed by atoms with Crippen LogP contribution in [0.25, 0.3) is 0 Å². The zero-order valence-electron chi connectivity index (χ0n) is 16.7. The van der Waals surface area contributed by atoms with Gasteiger partial charge in [0.15, 0.2) is 9.77 Å². The van der Waals surface area contributed by atoms with Crippen LogP contribution in [0.2, 0.25) is 0 Å². The van der Waals surface area contributed by atoms with E-state index in [1.54, 1.807) is 0 Å². The molecule has 1 heterocycles. The first-order valence-corrected chi connectivity index (χ1v) is 11.4. The highest BCUT2D eigenvalue weighted by Gasteiger charge is 2.44. The molecule has 0 fully saturated rings. The fraction of sp³-hybridized carbons (Fsp3) is 0.368. The number of benzene rings is 1. The minimum atomic E-state index is -4.70. The normalized spacial score (nSPS) is 13.1. The molecular formula is C19H18F6N2O3S2. The van der Waals surface area contributed by atoms with Crippen molar-refractivity contribution < 1.29 is 39.6 Å². The Hall–Kier alpha value is -2.28. The van der Waals surface area contributed by atoms with Crippen LogP contribution in [-0.2, 0) is 27.0 Å². The van der Waals surface area contributed by atoms with E-state index in [0.29, 0.717) is 18.3 Å². The number of carbonyl (C=O) groups excluding carboxylic acids is 1. The number of carbonyl (C=O) groups is 1. The van der Waals surface area contributed by atoms with Crippen molar-refractivity contribution in [2.45, 2.75) is 40.9 Å². The first kappa shape index (κ1) is 26.0. The van der Waals surface area contributed by atoms with Crippen LogP contribution in [0.4, 0.5) is 26.3 Å². The highest BCUT2D eigenvalue weighted by molar-refractivity contribution is 7.99. The van der Waals surface area contributed by atoms with Crippen molar-refractivity contribution in [3.8, 4) is 0 Å². The van der Waals surface area contributed by atoms with Gasteiger partial charge in [0.05, 0.1) is 11.1 Å². The number of rotatable bonds is 7. The highest BCUT2D eigenvalue weighted by atomic mass is 32.2. The number of aromatic nitrogens is 1. The van der Waals surface area contributed by atoms with Gasteiger partial charge in [-0.15, -0.1) is 11.8 Å². The van der Waals surface area contributed by atoms with Crippen LogP contribution >= 0.6 is 11.8 Å². The molecule has 0 aliphatic carbocycles. The van der Waals surface area contributed by atoms with E-state index in [9.17, 15) is 39.6 Å². The Labute approximate surface area is 184 Å². The maximum Gasteiger partial charge on any atom is 0.417 e. The third-order valence-electron chi connectivity index (χ3n) is 4.40. The van der Waals surface area contributed by atoms with Crippen molar-refractivity contribution in [1.29, 1.82) is 0 Å². The van der Waals surface area contributed by atoms with E-state index in [1.165, 1.54) is 18.2 Å². The minimum absolute atomic E-state index is 0.0213.